The summed E-state index contributed by atoms with van der Waals surface area (Å²) in [7, 11) is 0. The number of hydrogen-bond donors (Lipinski definition) is 1. The van der Waals surface area contributed by atoms with Gasteiger partial charge in [-0.3, -0.25) is 9.69 Å². The first-order chi connectivity index (χ1) is 13.9. The molecule has 0 fully saturated rings. The van der Waals surface area contributed by atoms with Crippen LogP contribution in [0.2, 0.25) is 5.02 Å². The predicted octanol–water partition coefficient (Wildman–Crippen LogP) is 5.54. The van der Waals surface area contributed by atoms with Gasteiger partial charge in [-0.25, -0.2) is 13.6 Å². The van der Waals surface area contributed by atoms with Crippen molar-refractivity contribution in [1.29, 1.82) is 0 Å². The second-order valence-corrected chi connectivity index (χ2v) is 6.73. The third-order valence-electron chi connectivity index (χ3n) is 4.60. The third kappa shape index (κ3) is 3.17. The summed E-state index contributed by atoms with van der Waals surface area (Å²) < 4.78 is 28.9. The van der Waals surface area contributed by atoms with Gasteiger partial charge in [0, 0.05) is 16.8 Å². The lowest BCUT2D eigenvalue weighted by atomic mass is 10.0. The lowest BCUT2D eigenvalue weighted by Gasteiger charge is -2.17. The molecule has 1 aliphatic rings. The molecule has 0 saturated heterocycles. The van der Waals surface area contributed by atoms with E-state index in [2.05, 4.69) is 0 Å². The number of amides is 1. The zero-order chi connectivity index (χ0) is 20.7. The van der Waals surface area contributed by atoms with Crippen molar-refractivity contribution in [2.24, 2.45) is 0 Å². The van der Waals surface area contributed by atoms with Gasteiger partial charge >= 0.3 is 5.97 Å². The van der Waals surface area contributed by atoms with E-state index in [1.807, 2.05) is 0 Å². The van der Waals surface area contributed by atoms with Gasteiger partial charge in [0.05, 0.1) is 21.8 Å². The molecule has 7 heteroatoms. The number of carboxylic acid groups (broad SMARTS) is 1. The van der Waals surface area contributed by atoms with Gasteiger partial charge < -0.3 is 5.11 Å². The Morgan fingerprint density at radius 2 is 1.62 bits per heavy atom. The second kappa shape index (κ2) is 7.14. The minimum absolute atomic E-state index is 0.0187. The number of rotatable bonds is 3. The number of anilines is 2. The van der Waals surface area contributed by atoms with E-state index in [9.17, 15) is 18.4 Å². The number of carbonyl (C=O) groups excluding carboxylic acids is 1. The maximum absolute atomic E-state index is 14.7. The Morgan fingerprint density at radius 1 is 0.966 bits per heavy atom. The monoisotopic (exact) mass is 411 g/mol. The maximum atomic E-state index is 14.7. The number of hydrogen-bond acceptors (Lipinski definition) is 2. The van der Waals surface area contributed by atoms with E-state index in [4.69, 9.17) is 16.7 Å². The van der Waals surface area contributed by atoms with Crippen LogP contribution in [0.5, 0.6) is 0 Å². The minimum Gasteiger partial charge on any atom is -0.478 e. The van der Waals surface area contributed by atoms with E-state index in [1.165, 1.54) is 65.6 Å². The predicted molar refractivity (Wildman–Crippen MR) is 106 cm³/mol. The summed E-state index contributed by atoms with van der Waals surface area (Å²) in [6, 6.07) is 13.9. The molecule has 0 aromatic heterocycles. The van der Waals surface area contributed by atoms with Crippen LogP contribution >= 0.6 is 11.6 Å². The molecule has 3 aromatic rings. The van der Waals surface area contributed by atoms with Crippen molar-refractivity contribution >= 4 is 46.5 Å². The molecule has 1 amide bonds. The molecule has 0 atom stereocenters. The zero-order valence-corrected chi connectivity index (χ0v) is 15.5. The summed E-state index contributed by atoms with van der Waals surface area (Å²) in [5.41, 5.74) is 0.641. The van der Waals surface area contributed by atoms with Gasteiger partial charge in [0.2, 0.25) is 0 Å². The zero-order valence-electron chi connectivity index (χ0n) is 14.7. The van der Waals surface area contributed by atoms with Crippen molar-refractivity contribution in [3.05, 3.63) is 94.0 Å². The van der Waals surface area contributed by atoms with Crippen LogP contribution in [-0.4, -0.2) is 17.0 Å². The molecular formula is C22H12ClF2NO3. The summed E-state index contributed by atoms with van der Waals surface area (Å²) in [5, 5.41) is 9.15. The van der Waals surface area contributed by atoms with Gasteiger partial charge in [-0.05, 0) is 54.6 Å². The van der Waals surface area contributed by atoms with Crippen LogP contribution in [0.25, 0.3) is 11.6 Å². The topological polar surface area (TPSA) is 57.6 Å². The van der Waals surface area contributed by atoms with Crippen molar-refractivity contribution in [2.75, 3.05) is 4.90 Å². The van der Waals surface area contributed by atoms with E-state index in [0.29, 0.717) is 5.69 Å². The van der Waals surface area contributed by atoms with Gasteiger partial charge in [-0.15, -0.1) is 0 Å². The molecule has 1 aliphatic heterocycles. The Morgan fingerprint density at radius 3 is 2.28 bits per heavy atom. The first-order valence-corrected chi connectivity index (χ1v) is 8.88. The highest BCUT2D eigenvalue weighted by atomic mass is 35.5. The minimum atomic E-state index is -1.11. The molecule has 0 unspecified atom stereocenters. The van der Waals surface area contributed by atoms with Gasteiger partial charge in [0.1, 0.15) is 11.6 Å². The molecule has 1 heterocycles. The Balaban J connectivity index is 1.89. The lowest BCUT2D eigenvalue weighted by molar-refractivity contribution is -0.112. The van der Waals surface area contributed by atoms with Crippen molar-refractivity contribution < 1.29 is 23.5 Å². The molecule has 1 N–H and O–H groups in total. The summed E-state index contributed by atoms with van der Waals surface area (Å²) >= 11 is 6.06. The number of halogens is 3. The largest absolute Gasteiger partial charge is 0.478 e. The van der Waals surface area contributed by atoms with Crippen LogP contribution in [0.3, 0.4) is 0 Å². The summed E-state index contributed by atoms with van der Waals surface area (Å²) in [4.78, 5) is 25.5. The molecule has 0 bridgehead atoms. The molecular weight excluding hydrogens is 400 g/mol. The van der Waals surface area contributed by atoms with E-state index >= 15 is 0 Å². The van der Waals surface area contributed by atoms with Crippen LogP contribution in [-0.2, 0) is 4.79 Å². The number of aromatic carboxylic acids is 1. The maximum Gasteiger partial charge on any atom is 0.335 e. The summed E-state index contributed by atoms with van der Waals surface area (Å²) in [5.74, 6) is -2.96. The van der Waals surface area contributed by atoms with Crippen LogP contribution in [0.1, 0.15) is 21.5 Å². The number of fused-ring (bicyclic) bond motifs is 1. The molecule has 4 nitrogen and oxygen atoms in total. The smallest absolute Gasteiger partial charge is 0.335 e. The fourth-order valence-corrected chi connectivity index (χ4v) is 3.46. The highest BCUT2D eigenvalue weighted by Crippen LogP contribution is 2.44. The lowest BCUT2D eigenvalue weighted by Crippen LogP contribution is -2.20. The SMILES string of the molecule is O=C(O)c1ccc(N2C(=O)C(=Cc3c(F)cccc3Cl)c3c(F)cccc32)cc1. The van der Waals surface area contributed by atoms with E-state index in [1.54, 1.807) is 6.07 Å². The van der Waals surface area contributed by atoms with Gasteiger partial charge in [-0.2, -0.15) is 0 Å². The Bertz CT molecular complexity index is 1170. The molecule has 29 heavy (non-hydrogen) atoms. The molecule has 0 aliphatic carbocycles. The number of carboxylic acids is 1. The number of carbonyl (C=O) groups is 2. The number of nitrogens with zero attached hydrogens (tertiary/aromatic N) is 1. The van der Waals surface area contributed by atoms with E-state index in [-0.39, 0.29) is 33.0 Å². The normalized spacial score (nSPS) is 14.4. The van der Waals surface area contributed by atoms with E-state index < -0.39 is 23.5 Å². The second-order valence-electron chi connectivity index (χ2n) is 6.32. The van der Waals surface area contributed by atoms with Crippen molar-refractivity contribution in [1.82, 2.24) is 0 Å². The molecule has 0 saturated carbocycles. The van der Waals surface area contributed by atoms with Gasteiger partial charge in [0.25, 0.3) is 5.91 Å². The fourth-order valence-electron chi connectivity index (χ4n) is 3.24. The highest BCUT2D eigenvalue weighted by molar-refractivity contribution is 6.39. The van der Waals surface area contributed by atoms with Gasteiger partial charge in [-0.1, -0.05) is 23.7 Å². The molecule has 0 radical (unpaired) electrons. The molecule has 3 aromatic carbocycles. The van der Waals surface area contributed by atoms with Crippen molar-refractivity contribution in [3.8, 4) is 0 Å². The first-order valence-electron chi connectivity index (χ1n) is 8.51. The number of benzene rings is 3. The van der Waals surface area contributed by atoms with Gasteiger partial charge in [0.15, 0.2) is 0 Å². The van der Waals surface area contributed by atoms with Crippen LogP contribution in [0.15, 0.2) is 60.7 Å². The Labute approximate surface area is 169 Å². The average Bonchev–Trinajstić information content (AvgIpc) is 2.97. The molecule has 144 valence electrons. The first kappa shape index (κ1) is 18.8. The Hall–Kier alpha value is -3.51. The standard InChI is InChI=1S/C22H12ClF2NO3/c23-16-3-1-4-17(24)14(16)11-15-20-18(25)5-2-6-19(20)26(21(15)27)13-9-7-12(8-10-13)22(28)29/h1-11H,(H,28,29). The van der Waals surface area contributed by atoms with Crippen molar-refractivity contribution in [3.63, 3.8) is 0 Å². The molecule has 4 rings (SSSR count). The van der Waals surface area contributed by atoms with Crippen LogP contribution in [0, 0.1) is 11.6 Å². The summed E-state index contributed by atoms with van der Waals surface area (Å²) in [6.07, 6.45) is 1.23. The fraction of sp³-hybridized carbons (Fsp3) is 0. The molecule has 0 spiro atoms. The highest BCUT2D eigenvalue weighted by Gasteiger charge is 2.36. The van der Waals surface area contributed by atoms with Crippen LogP contribution in [0.4, 0.5) is 20.2 Å². The Kier molecular flexibility index (Phi) is 4.64. The van der Waals surface area contributed by atoms with Crippen LogP contribution < -0.4 is 4.90 Å². The average molecular weight is 412 g/mol. The summed E-state index contributed by atoms with van der Waals surface area (Å²) in [6.45, 7) is 0. The van der Waals surface area contributed by atoms with E-state index in [0.717, 1.165) is 0 Å². The third-order valence-corrected chi connectivity index (χ3v) is 4.93. The quantitative estimate of drug-likeness (QED) is 0.576. The van der Waals surface area contributed by atoms with Crippen molar-refractivity contribution in [2.45, 2.75) is 0 Å².